The normalized spacial score (nSPS) is 10.8. The van der Waals surface area contributed by atoms with Crippen molar-refractivity contribution in [2.75, 3.05) is 25.1 Å². The fourth-order valence-electron chi connectivity index (χ4n) is 1.10. The monoisotopic (exact) mass is 242 g/mol. The zero-order valence-electron chi connectivity index (χ0n) is 10.1. The van der Waals surface area contributed by atoms with Crippen LogP contribution in [0, 0.1) is 5.92 Å². The van der Waals surface area contributed by atoms with Gasteiger partial charge in [-0.1, -0.05) is 13.8 Å². The topological polar surface area (TPSA) is 84.6 Å². The molecular formula is C11H18N2O4. The number of aromatic carboxylic acids is 1. The lowest BCUT2D eigenvalue weighted by Crippen LogP contribution is -2.11. The molecule has 1 rings (SSSR count). The average molecular weight is 242 g/mol. The average Bonchev–Trinajstić information content (AvgIpc) is 2.71. The van der Waals surface area contributed by atoms with E-state index in [2.05, 4.69) is 24.1 Å². The van der Waals surface area contributed by atoms with Crippen molar-refractivity contribution in [1.29, 1.82) is 0 Å². The number of ether oxygens (including phenoxy) is 1. The Morgan fingerprint density at radius 3 is 2.94 bits per heavy atom. The Labute approximate surface area is 100.0 Å². The zero-order valence-corrected chi connectivity index (χ0v) is 10.1. The van der Waals surface area contributed by atoms with Gasteiger partial charge in [0.15, 0.2) is 5.69 Å². The zero-order chi connectivity index (χ0) is 12.7. The van der Waals surface area contributed by atoms with Crippen molar-refractivity contribution in [2.45, 2.75) is 20.3 Å². The van der Waals surface area contributed by atoms with Gasteiger partial charge in [-0.15, -0.1) is 0 Å². The lowest BCUT2D eigenvalue weighted by atomic mass is 10.1. The van der Waals surface area contributed by atoms with Crippen molar-refractivity contribution < 1.29 is 19.1 Å². The fourth-order valence-corrected chi connectivity index (χ4v) is 1.10. The first-order valence-corrected chi connectivity index (χ1v) is 5.60. The molecule has 0 radical (unpaired) electrons. The van der Waals surface area contributed by atoms with E-state index in [1.54, 1.807) is 0 Å². The van der Waals surface area contributed by atoms with Crippen molar-refractivity contribution in [2.24, 2.45) is 5.92 Å². The van der Waals surface area contributed by atoms with Crippen LogP contribution >= 0.6 is 0 Å². The molecule has 0 amide bonds. The van der Waals surface area contributed by atoms with Crippen LogP contribution in [0.15, 0.2) is 10.7 Å². The van der Waals surface area contributed by atoms with E-state index < -0.39 is 5.97 Å². The minimum atomic E-state index is -1.10. The number of hydrogen-bond donors (Lipinski definition) is 2. The molecule has 0 aromatic carbocycles. The molecule has 6 heteroatoms. The molecule has 1 aromatic rings. The first-order chi connectivity index (χ1) is 8.09. The van der Waals surface area contributed by atoms with Crippen LogP contribution in [-0.2, 0) is 4.74 Å². The second-order valence-electron chi connectivity index (χ2n) is 4.06. The Bertz CT molecular complexity index is 349. The standard InChI is InChI=1S/C11H18N2O4/c1-8(2)3-5-16-6-4-12-11-13-9(7-17-11)10(14)15/h7-8H,3-6H2,1-2H3,(H,12,13)(H,14,15). The summed E-state index contributed by atoms with van der Waals surface area (Å²) < 4.78 is 10.3. The Morgan fingerprint density at radius 1 is 1.59 bits per heavy atom. The minimum absolute atomic E-state index is 0.103. The summed E-state index contributed by atoms with van der Waals surface area (Å²) in [5.74, 6) is -0.470. The summed E-state index contributed by atoms with van der Waals surface area (Å²) in [6.07, 6.45) is 2.13. The molecule has 0 aliphatic heterocycles. The van der Waals surface area contributed by atoms with E-state index in [4.69, 9.17) is 14.3 Å². The van der Waals surface area contributed by atoms with Crippen LogP contribution in [0.2, 0.25) is 0 Å². The van der Waals surface area contributed by atoms with Gasteiger partial charge in [0.2, 0.25) is 0 Å². The molecule has 1 heterocycles. The van der Waals surface area contributed by atoms with Gasteiger partial charge in [-0.25, -0.2) is 4.79 Å². The third-order valence-electron chi connectivity index (χ3n) is 2.09. The maximum absolute atomic E-state index is 10.5. The molecular weight excluding hydrogens is 224 g/mol. The van der Waals surface area contributed by atoms with Crippen LogP contribution in [0.4, 0.5) is 6.01 Å². The second-order valence-corrected chi connectivity index (χ2v) is 4.06. The van der Waals surface area contributed by atoms with Crippen molar-refractivity contribution in [3.05, 3.63) is 12.0 Å². The van der Waals surface area contributed by atoms with Gasteiger partial charge in [0.1, 0.15) is 6.26 Å². The Kier molecular flexibility index (Phi) is 5.48. The molecule has 1 aromatic heterocycles. The van der Waals surface area contributed by atoms with Gasteiger partial charge in [0, 0.05) is 13.2 Å². The number of anilines is 1. The first-order valence-electron chi connectivity index (χ1n) is 5.60. The van der Waals surface area contributed by atoms with Gasteiger partial charge in [0.25, 0.3) is 6.01 Å². The summed E-state index contributed by atoms with van der Waals surface area (Å²) >= 11 is 0. The maximum atomic E-state index is 10.5. The highest BCUT2D eigenvalue weighted by molar-refractivity contribution is 5.85. The number of carboxylic acid groups (broad SMARTS) is 1. The van der Waals surface area contributed by atoms with Gasteiger partial charge in [-0.05, 0) is 12.3 Å². The maximum Gasteiger partial charge on any atom is 0.357 e. The quantitative estimate of drug-likeness (QED) is 0.677. The number of carboxylic acids is 1. The number of carbonyl (C=O) groups is 1. The predicted octanol–water partition coefficient (Wildman–Crippen LogP) is 1.85. The highest BCUT2D eigenvalue weighted by atomic mass is 16.5. The predicted molar refractivity (Wildman–Crippen MR) is 62.2 cm³/mol. The van der Waals surface area contributed by atoms with E-state index in [-0.39, 0.29) is 11.7 Å². The summed E-state index contributed by atoms with van der Waals surface area (Å²) in [4.78, 5) is 14.2. The lowest BCUT2D eigenvalue weighted by Gasteiger charge is -2.06. The Balaban J connectivity index is 2.11. The fraction of sp³-hybridized carbons (Fsp3) is 0.636. The first kappa shape index (κ1) is 13.5. The van der Waals surface area contributed by atoms with E-state index >= 15 is 0 Å². The molecule has 2 N–H and O–H groups in total. The number of nitrogens with zero attached hydrogens (tertiary/aromatic N) is 1. The molecule has 0 saturated heterocycles. The lowest BCUT2D eigenvalue weighted by molar-refractivity contribution is 0.0690. The van der Waals surface area contributed by atoms with E-state index in [0.29, 0.717) is 19.1 Å². The van der Waals surface area contributed by atoms with Crippen molar-refractivity contribution in [1.82, 2.24) is 4.98 Å². The summed E-state index contributed by atoms with van der Waals surface area (Å²) in [6, 6.07) is 0.204. The van der Waals surface area contributed by atoms with Crippen LogP contribution in [-0.4, -0.2) is 35.8 Å². The molecule has 0 aliphatic rings. The summed E-state index contributed by atoms with van der Waals surface area (Å²) in [5.41, 5.74) is -0.103. The van der Waals surface area contributed by atoms with E-state index in [9.17, 15) is 4.79 Å². The minimum Gasteiger partial charge on any atom is -0.476 e. The summed E-state index contributed by atoms with van der Waals surface area (Å²) in [7, 11) is 0. The van der Waals surface area contributed by atoms with Gasteiger partial charge in [-0.2, -0.15) is 4.98 Å². The molecule has 6 nitrogen and oxygen atoms in total. The van der Waals surface area contributed by atoms with E-state index in [1.165, 1.54) is 0 Å². The number of oxazole rings is 1. The van der Waals surface area contributed by atoms with Crippen molar-refractivity contribution >= 4 is 12.0 Å². The highest BCUT2D eigenvalue weighted by Crippen LogP contribution is 2.06. The largest absolute Gasteiger partial charge is 0.476 e. The smallest absolute Gasteiger partial charge is 0.357 e. The number of rotatable bonds is 8. The molecule has 0 spiro atoms. The summed E-state index contributed by atoms with van der Waals surface area (Å²) in [5, 5.41) is 11.5. The van der Waals surface area contributed by atoms with Crippen LogP contribution in [0.5, 0.6) is 0 Å². The second kappa shape index (κ2) is 6.90. The van der Waals surface area contributed by atoms with E-state index in [0.717, 1.165) is 19.3 Å². The Morgan fingerprint density at radius 2 is 2.35 bits per heavy atom. The van der Waals surface area contributed by atoms with Gasteiger partial charge in [-0.3, -0.25) is 0 Å². The SMILES string of the molecule is CC(C)CCOCCNc1nc(C(=O)O)co1. The van der Waals surface area contributed by atoms with Gasteiger partial charge in [0.05, 0.1) is 6.61 Å². The van der Waals surface area contributed by atoms with Gasteiger partial charge >= 0.3 is 5.97 Å². The van der Waals surface area contributed by atoms with Crippen LogP contribution < -0.4 is 5.32 Å². The molecule has 96 valence electrons. The van der Waals surface area contributed by atoms with Gasteiger partial charge < -0.3 is 19.6 Å². The van der Waals surface area contributed by atoms with Crippen LogP contribution in [0.25, 0.3) is 0 Å². The number of aromatic nitrogens is 1. The molecule has 17 heavy (non-hydrogen) atoms. The molecule has 0 bridgehead atoms. The summed E-state index contributed by atoms with van der Waals surface area (Å²) in [6.45, 7) is 6.09. The Hall–Kier alpha value is -1.56. The van der Waals surface area contributed by atoms with E-state index in [1.807, 2.05) is 0 Å². The van der Waals surface area contributed by atoms with Crippen molar-refractivity contribution in [3.8, 4) is 0 Å². The number of nitrogens with one attached hydrogen (secondary N) is 1. The van der Waals surface area contributed by atoms with Crippen LogP contribution in [0.3, 0.4) is 0 Å². The third kappa shape index (κ3) is 5.35. The van der Waals surface area contributed by atoms with Crippen LogP contribution in [0.1, 0.15) is 30.8 Å². The highest BCUT2D eigenvalue weighted by Gasteiger charge is 2.09. The third-order valence-corrected chi connectivity index (χ3v) is 2.09. The molecule has 0 saturated carbocycles. The van der Waals surface area contributed by atoms with Crippen molar-refractivity contribution in [3.63, 3.8) is 0 Å². The molecule has 0 fully saturated rings. The molecule has 0 unspecified atom stereocenters. The number of hydrogen-bond acceptors (Lipinski definition) is 5. The molecule has 0 aliphatic carbocycles. The molecule has 0 atom stereocenters.